The first-order valence-electron chi connectivity index (χ1n) is 10.3. The van der Waals surface area contributed by atoms with E-state index in [9.17, 15) is 19.2 Å². The van der Waals surface area contributed by atoms with Gasteiger partial charge in [-0.05, 0) is 37.1 Å². The van der Waals surface area contributed by atoms with Crippen LogP contribution in [-0.2, 0) is 19.1 Å². The fourth-order valence-corrected chi connectivity index (χ4v) is 4.48. The lowest BCUT2D eigenvalue weighted by atomic mass is 9.96. The predicted molar refractivity (Wildman–Crippen MR) is 111 cm³/mol. The Kier molecular flexibility index (Phi) is 4.50. The lowest BCUT2D eigenvalue weighted by Gasteiger charge is -2.48. The molecule has 1 aliphatic carbocycles. The molecule has 5 rings (SSSR count). The van der Waals surface area contributed by atoms with Gasteiger partial charge in [0.05, 0.1) is 11.3 Å². The molecular formula is C23H21N3O5. The number of nitrogens with zero attached hydrogens (tertiary/aromatic N) is 2. The molecule has 1 N–H and O–H groups in total. The van der Waals surface area contributed by atoms with Crippen LogP contribution in [0.25, 0.3) is 0 Å². The number of hydrogen-bond donors (Lipinski definition) is 1. The largest absolute Gasteiger partial charge is 0.452 e. The Morgan fingerprint density at radius 2 is 1.74 bits per heavy atom. The number of para-hydroxylation sites is 2. The van der Waals surface area contributed by atoms with E-state index in [1.54, 1.807) is 48.5 Å². The maximum Gasteiger partial charge on any atom is 0.354 e. The zero-order chi connectivity index (χ0) is 21.6. The Hall–Kier alpha value is -3.68. The van der Waals surface area contributed by atoms with E-state index in [2.05, 4.69) is 5.32 Å². The number of amides is 3. The van der Waals surface area contributed by atoms with E-state index in [4.69, 9.17) is 4.74 Å². The molecule has 3 aliphatic rings. The van der Waals surface area contributed by atoms with Crippen LogP contribution in [0.15, 0.2) is 54.6 Å². The number of benzene rings is 2. The topological polar surface area (TPSA) is 96.0 Å². The maximum absolute atomic E-state index is 13.4. The van der Waals surface area contributed by atoms with Gasteiger partial charge in [-0.2, -0.15) is 0 Å². The smallest absolute Gasteiger partial charge is 0.354 e. The maximum atomic E-state index is 13.4. The van der Waals surface area contributed by atoms with Gasteiger partial charge in [0.25, 0.3) is 11.8 Å². The molecule has 0 bridgehead atoms. The molecule has 3 amide bonds. The number of carbonyl (C=O) groups is 4. The third kappa shape index (κ3) is 3.06. The highest BCUT2D eigenvalue weighted by atomic mass is 16.5. The van der Waals surface area contributed by atoms with Crippen LogP contribution in [0.1, 0.15) is 36.0 Å². The van der Waals surface area contributed by atoms with E-state index in [0.717, 1.165) is 12.8 Å². The highest BCUT2D eigenvalue weighted by molar-refractivity contribution is 6.16. The van der Waals surface area contributed by atoms with Crippen LogP contribution in [0.4, 0.5) is 11.4 Å². The number of nitrogens with one attached hydrogen (secondary N) is 1. The second-order valence-corrected chi connectivity index (χ2v) is 7.96. The van der Waals surface area contributed by atoms with Crippen LogP contribution in [0.3, 0.4) is 0 Å². The fourth-order valence-electron chi connectivity index (χ4n) is 4.48. The molecule has 1 atom stereocenters. The summed E-state index contributed by atoms with van der Waals surface area (Å²) in [5.41, 5.74) is -0.148. The van der Waals surface area contributed by atoms with Crippen molar-refractivity contribution in [1.29, 1.82) is 0 Å². The summed E-state index contributed by atoms with van der Waals surface area (Å²) in [4.78, 5) is 54.8. The molecule has 2 aromatic rings. The van der Waals surface area contributed by atoms with Crippen molar-refractivity contribution in [2.75, 3.05) is 16.8 Å². The van der Waals surface area contributed by atoms with Crippen molar-refractivity contribution in [3.05, 3.63) is 60.2 Å². The van der Waals surface area contributed by atoms with Gasteiger partial charge in [-0.3, -0.25) is 19.3 Å². The number of fused-ring (bicyclic) bond motifs is 3. The number of anilines is 2. The van der Waals surface area contributed by atoms with Gasteiger partial charge in [0.1, 0.15) is 0 Å². The zero-order valence-corrected chi connectivity index (χ0v) is 16.7. The van der Waals surface area contributed by atoms with Gasteiger partial charge in [-0.25, -0.2) is 4.79 Å². The molecule has 31 heavy (non-hydrogen) atoms. The standard InChI is InChI=1S/C23H21N3O5/c27-19(24-15-6-2-1-3-7-15)14-31-22(30)23-13-12-20(28)26(23)18-9-5-4-8-17(18)21(29)25(23)16-10-11-16/h1-9,16H,10-14H2,(H,24,27)/t23-/m1/s1. The molecule has 0 radical (unpaired) electrons. The van der Waals surface area contributed by atoms with Crippen LogP contribution in [0, 0.1) is 0 Å². The van der Waals surface area contributed by atoms with Crippen molar-refractivity contribution in [3.63, 3.8) is 0 Å². The van der Waals surface area contributed by atoms with Crippen molar-refractivity contribution < 1.29 is 23.9 Å². The van der Waals surface area contributed by atoms with E-state index in [1.807, 2.05) is 6.07 Å². The predicted octanol–water partition coefficient (Wildman–Crippen LogP) is 2.31. The van der Waals surface area contributed by atoms with Gasteiger partial charge in [0, 0.05) is 24.6 Å². The summed E-state index contributed by atoms with van der Waals surface area (Å²) < 4.78 is 5.40. The van der Waals surface area contributed by atoms with Gasteiger partial charge in [-0.15, -0.1) is 0 Å². The second kappa shape index (κ2) is 7.23. The highest BCUT2D eigenvalue weighted by Crippen LogP contribution is 2.49. The minimum atomic E-state index is -1.54. The third-order valence-corrected chi connectivity index (χ3v) is 5.93. The average Bonchev–Trinajstić information content (AvgIpc) is 3.55. The second-order valence-electron chi connectivity index (χ2n) is 7.96. The third-order valence-electron chi connectivity index (χ3n) is 5.93. The molecule has 1 saturated heterocycles. The van der Waals surface area contributed by atoms with Crippen molar-refractivity contribution in [2.45, 2.75) is 37.4 Å². The van der Waals surface area contributed by atoms with Crippen LogP contribution in [0.5, 0.6) is 0 Å². The molecule has 2 heterocycles. The Morgan fingerprint density at radius 3 is 2.48 bits per heavy atom. The summed E-state index contributed by atoms with van der Waals surface area (Å²) in [6.07, 6.45) is 1.79. The summed E-state index contributed by atoms with van der Waals surface area (Å²) in [7, 11) is 0. The minimum Gasteiger partial charge on any atom is -0.452 e. The number of rotatable bonds is 5. The molecule has 2 aliphatic heterocycles. The van der Waals surface area contributed by atoms with E-state index in [-0.39, 0.29) is 30.7 Å². The highest BCUT2D eigenvalue weighted by Gasteiger charge is 2.64. The fraction of sp³-hybridized carbons (Fsp3) is 0.304. The van der Waals surface area contributed by atoms with E-state index >= 15 is 0 Å². The Morgan fingerprint density at radius 1 is 1.03 bits per heavy atom. The summed E-state index contributed by atoms with van der Waals surface area (Å²) in [6, 6.07) is 15.5. The molecule has 2 aromatic carbocycles. The molecule has 0 aromatic heterocycles. The monoisotopic (exact) mass is 419 g/mol. The Labute approximate surface area is 178 Å². The van der Waals surface area contributed by atoms with E-state index in [1.165, 1.54) is 9.80 Å². The first-order chi connectivity index (χ1) is 15.0. The van der Waals surface area contributed by atoms with Crippen LogP contribution < -0.4 is 10.2 Å². The summed E-state index contributed by atoms with van der Waals surface area (Å²) in [5.74, 6) is -1.77. The van der Waals surface area contributed by atoms with Gasteiger partial charge >= 0.3 is 5.97 Å². The SMILES string of the molecule is O=C(COC(=O)[C@@]12CCC(=O)N1c1ccccc1C(=O)N2C1CC1)Nc1ccccc1. The number of hydrogen-bond acceptors (Lipinski definition) is 5. The summed E-state index contributed by atoms with van der Waals surface area (Å²) in [6.45, 7) is -0.508. The zero-order valence-electron chi connectivity index (χ0n) is 16.7. The average molecular weight is 419 g/mol. The van der Waals surface area contributed by atoms with Gasteiger partial charge < -0.3 is 15.0 Å². The van der Waals surface area contributed by atoms with Crippen molar-refractivity contribution >= 4 is 35.1 Å². The lowest BCUT2D eigenvalue weighted by Crippen LogP contribution is -2.69. The van der Waals surface area contributed by atoms with E-state index < -0.39 is 24.1 Å². The normalized spacial score (nSPS) is 22.1. The Bertz CT molecular complexity index is 1080. The minimum absolute atomic E-state index is 0.121. The first kappa shape index (κ1) is 19.3. The molecule has 1 saturated carbocycles. The van der Waals surface area contributed by atoms with Gasteiger partial charge in [0.2, 0.25) is 11.6 Å². The van der Waals surface area contributed by atoms with Crippen molar-refractivity contribution in [3.8, 4) is 0 Å². The quantitative estimate of drug-likeness (QED) is 0.751. The lowest BCUT2D eigenvalue weighted by molar-refractivity contribution is -0.159. The molecule has 8 heteroatoms. The van der Waals surface area contributed by atoms with Crippen LogP contribution >= 0.6 is 0 Å². The molecule has 158 valence electrons. The summed E-state index contributed by atoms with van der Waals surface area (Å²) >= 11 is 0. The molecule has 0 spiro atoms. The molecule has 8 nitrogen and oxygen atoms in total. The number of carbonyl (C=O) groups excluding carboxylic acids is 4. The van der Waals surface area contributed by atoms with Gasteiger partial charge in [-0.1, -0.05) is 30.3 Å². The van der Waals surface area contributed by atoms with E-state index in [0.29, 0.717) is 16.9 Å². The number of ether oxygens (including phenoxy) is 1. The molecule has 2 fully saturated rings. The van der Waals surface area contributed by atoms with Crippen molar-refractivity contribution in [2.24, 2.45) is 0 Å². The number of esters is 1. The van der Waals surface area contributed by atoms with Crippen LogP contribution in [-0.4, -0.2) is 46.9 Å². The van der Waals surface area contributed by atoms with Gasteiger partial charge in [0.15, 0.2) is 6.61 Å². The summed E-state index contributed by atoms with van der Waals surface area (Å²) in [5, 5.41) is 2.66. The van der Waals surface area contributed by atoms with Crippen LogP contribution in [0.2, 0.25) is 0 Å². The first-order valence-corrected chi connectivity index (χ1v) is 10.3. The Balaban J connectivity index is 1.44. The molecule has 0 unspecified atom stereocenters. The molecular weight excluding hydrogens is 398 g/mol. The van der Waals surface area contributed by atoms with Crippen molar-refractivity contribution in [1.82, 2.24) is 4.90 Å².